The molecule has 0 spiro atoms. The van der Waals surface area contributed by atoms with Gasteiger partial charge in [-0.05, 0) is 36.1 Å². The number of fused-ring (bicyclic) bond motifs is 1. The normalized spacial score (nSPS) is 15.8. The Kier molecular flexibility index (Phi) is 6.77. The molecular weight excluding hydrogens is 469 g/mol. The molecule has 0 radical (unpaired) electrons. The van der Waals surface area contributed by atoms with Gasteiger partial charge in [0.15, 0.2) is 0 Å². The van der Waals surface area contributed by atoms with Crippen molar-refractivity contribution in [3.05, 3.63) is 78.4 Å². The number of benzene rings is 1. The van der Waals surface area contributed by atoms with Crippen LogP contribution in [0, 0.1) is 0 Å². The van der Waals surface area contributed by atoms with Gasteiger partial charge in [0.1, 0.15) is 5.69 Å². The Morgan fingerprint density at radius 2 is 1.74 bits per heavy atom. The Bertz CT molecular complexity index is 1380. The fourth-order valence-corrected chi connectivity index (χ4v) is 4.74. The van der Waals surface area contributed by atoms with Crippen molar-refractivity contribution in [2.75, 3.05) is 26.2 Å². The fraction of sp³-hybridized carbons (Fsp3) is 0.269. The van der Waals surface area contributed by atoms with Crippen LogP contribution in [0.4, 0.5) is 0 Å². The molecule has 0 bridgehead atoms. The Balaban J connectivity index is 0.00000253. The van der Waals surface area contributed by atoms with Crippen LogP contribution in [0.3, 0.4) is 0 Å². The minimum absolute atomic E-state index is 0. The summed E-state index contributed by atoms with van der Waals surface area (Å²) in [6.07, 6.45) is 7.97. The second kappa shape index (κ2) is 9.82. The van der Waals surface area contributed by atoms with E-state index in [0.29, 0.717) is 11.1 Å². The van der Waals surface area contributed by atoms with E-state index in [2.05, 4.69) is 50.4 Å². The molecule has 3 aromatic heterocycles. The number of nitrogens with zero attached hydrogens (tertiary/aromatic N) is 7. The summed E-state index contributed by atoms with van der Waals surface area (Å²) in [5.41, 5.74) is 6.49. The summed E-state index contributed by atoms with van der Waals surface area (Å²) < 4.78 is 1.97. The van der Waals surface area contributed by atoms with Gasteiger partial charge in [0, 0.05) is 37.3 Å². The van der Waals surface area contributed by atoms with E-state index in [0.717, 1.165) is 71.0 Å². The van der Waals surface area contributed by atoms with Gasteiger partial charge in [-0.1, -0.05) is 48.2 Å². The van der Waals surface area contributed by atoms with Gasteiger partial charge in [-0.2, -0.15) is 12.4 Å². The number of halogens is 1. The van der Waals surface area contributed by atoms with Crippen molar-refractivity contribution in [1.29, 1.82) is 0 Å². The van der Waals surface area contributed by atoms with Gasteiger partial charge in [0.2, 0.25) is 0 Å². The average Bonchev–Trinajstić information content (AvgIpc) is 3.34. The van der Waals surface area contributed by atoms with Crippen LogP contribution >= 0.6 is 11.6 Å². The maximum Gasteiger partial charge on any atom is 1.00 e. The Hall–Kier alpha value is -2.58. The van der Waals surface area contributed by atoms with E-state index in [9.17, 15) is 0 Å². The number of hydrogen-bond donors (Lipinski definition) is 0. The molecule has 4 heterocycles. The first-order valence-corrected chi connectivity index (χ1v) is 11.9. The van der Waals surface area contributed by atoms with Crippen molar-refractivity contribution < 1.29 is 29.6 Å². The molecule has 2 fully saturated rings. The number of hydrogen-bond acceptors (Lipinski definition) is 5. The predicted molar refractivity (Wildman–Crippen MR) is 135 cm³/mol. The molecule has 1 aromatic carbocycles. The Morgan fingerprint density at radius 3 is 2.43 bits per heavy atom. The summed E-state index contributed by atoms with van der Waals surface area (Å²) in [5.74, 6) is 0. The first kappa shape index (κ1) is 24.1. The molecule has 172 valence electrons. The van der Waals surface area contributed by atoms with Crippen molar-refractivity contribution in [2.24, 2.45) is 0 Å². The summed E-state index contributed by atoms with van der Waals surface area (Å²) in [5, 5.41) is 10.2. The molecule has 0 unspecified atom stereocenters. The number of rotatable bonds is 6. The maximum atomic E-state index is 6.56. The van der Waals surface area contributed by atoms with Gasteiger partial charge in [0.05, 0.1) is 34.2 Å². The van der Waals surface area contributed by atoms with Crippen molar-refractivity contribution in [2.45, 2.75) is 18.9 Å². The zero-order chi connectivity index (χ0) is 23.2. The molecule has 2 aliphatic rings. The van der Waals surface area contributed by atoms with Crippen LogP contribution in [0.1, 0.15) is 30.1 Å². The van der Waals surface area contributed by atoms with E-state index in [1.54, 1.807) is 12.4 Å². The molecule has 1 aliphatic carbocycles. The minimum Gasteiger partial charge on any atom is -0.670 e. The number of aromatic nitrogens is 5. The summed E-state index contributed by atoms with van der Waals surface area (Å²) in [7, 11) is 0. The number of pyridine rings is 1. The molecule has 1 saturated carbocycles. The van der Waals surface area contributed by atoms with Crippen LogP contribution in [0.15, 0.2) is 62.1 Å². The van der Waals surface area contributed by atoms with Crippen LogP contribution in [-0.4, -0.2) is 56.0 Å². The van der Waals surface area contributed by atoms with Crippen molar-refractivity contribution in [3.63, 3.8) is 0 Å². The smallest absolute Gasteiger partial charge is 0.670 e. The molecule has 35 heavy (non-hydrogen) atoms. The fourth-order valence-electron chi connectivity index (χ4n) is 4.47. The van der Waals surface area contributed by atoms with Crippen molar-refractivity contribution >= 4 is 33.9 Å². The largest absolute Gasteiger partial charge is 1.00 e. The SMILES string of the molecule is C=C(c1ccc2c(Cl)cc(-c3cc[n-]c3)nc2c1)N1CCN(C(=C)c2cn(C3CC3)nn2)CC1.[Na+]. The van der Waals surface area contributed by atoms with Crippen LogP contribution in [0.5, 0.6) is 0 Å². The third-order valence-electron chi connectivity index (χ3n) is 6.71. The third-order valence-corrected chi connectivity index (χ3v) is 7.02. The van der Waals surface area contributed by atoms with Crippen LogP contribution < -0.4 is 34.5 Å². The van der Waals surface area contributed by atoms with Gasteiger partial charge in [-0.25, -0.2) is 9.67 Å². The summed E-state index contributed by atoms with van der Waals surface area (Å²) in [6, 6.07) is 10.5. The molecule has 0 amide bonds. The first-order valence-electron chi connectivity index (χ1n) is 11.5. The van der Waals surface area contributed by atoms with Gasteiger partial charge in [-0.15, -0.1) is 5.10 Å². The minimum atomic E-state index is 0. The molecule has 7 nitrogen and oxygen atoms in total. The number of piperazine rings is 1. The molecule has 1 aliphatic heterocycles. The van der Waals surface area contributed by atoms with Crippen LogP contribution in [0.25, 0.3) is 33.6 Å². The second-order valence-electron chi connectivity index (χ2n) is 8.95. The van der Waals surface area contributed by atoms with E-state index in [-0.39, 0.29) is 29.6 Å². The van der Waals surface area contributed by atoms with Crippen LogP contribution in [-0.2, 0) is 0 Å². The third kappa shape index (κ3) is 4.78. The van der Waals surface area contributed by atoms with E-state index in [1.807, 2.05) is 29.1 Å². The molecule has 6 rings (SSSR count). The molecule has 0 atom stereocenters. The van der Waals surface area contributed by atoms with E-state index < -0.39 is 0 Å². The monoisotopic (exact) mass is 493 g/mol. The second-order valence-corrected chi connectivity index (χ2v) is 9.36. The maximum absolute atomic E-state index is 6.56. The first-order chi connectivity index (χ1) is 16.6. The summed E-state index contributed by atoms with van der Waals surface area (Å²) >= 11 is 6.56. The summed E-state index contributed by atoms with van der Waals surface area (Å²) in [6.45, 7) is 12.1. The van der Waals surface area contributed by atoms with Gasteiger partial charge in [0.25, 0.3) is 0 Å². The molecule has 9 heteroatoms. The zero-order valence-corrected chi connectivity index (χ0v) is 22.6. The van der Waals surface area contributed by atoms with Gasteiger partial charge >= 0.3 is 29.6 Å². The zero-order valence-electron chi connectivity index (χ0n) is 19.9. The topological polar surface area (TPSA) is 64.2 Å². The van der Waals surface area contributed by atoms with Crippen molar-refractivity contribution in [1.82, 2.24) is 34.8 Å². The van der Waals surface area contributed by atoms with E-state index >= 15 is 0 Å². The molecule has 0 N–H and O–H groups in total. The Morgan fingerprint density at radius 1 is 1.00 bits per heavy atom. The van der Waals surface area contributed by atoms with Crippen molar-refractivity contribution in [3.8, 4) is 11.3 Å². The van der Waals surface area contributed by atoms with E-state index in [1.165, 1.54) is 12.8 Å². The molecule has 1 saturated heterocycles. The quantitative estimate of drug-likeness (QED) is 0.381. The standard InChI is InChI=1S/C26H25ClN7.Na/c1-17(19-3-6-22-23(27)14-24(29-25(22)13-19)20-7-8-28-15-20)32-9-11-33(12-10-32)18(2)26-16-34(31-30-26)21-4-5-21;/h3,6-8,13-16,21H,1-2,4-5,9-12H2;/q-1;+1. The molecule has 4 aromatic rings. The molecular formula is C26H25ClN7Na. The van der Waals surface area contributed by atoms with E-state index in [4.69, 9.17) is 16.6 Å². The van der Waals surface area contributed by atoms with Gasteiger partial charge < -0.3 is 14.8 Å². The average molecular weight is 494 g/mol. The predicted octanol–water partition coefficient (Wildman–Crippen LogP) is 1.70. The Labute approximate surface area is 231 Å². The summed E-state index contributed by atoms with van der Waals surface area (Å²) in [4.78, 5) is 13.6. The van der Waals surface area contributed by atoms with Crippen LogP contribution in [0.2, 0.25) is 5.02 Å². The van der Waals surface area contributed by atoms with Gasteiger partial charge in [-0.3, -0.25) is 0 Å².